The van der Waals surface area contributed by atoms with Crippen molar-refractivity contribution in [3.63, 3.8) is 0 Å². The molecule has 0 atom stereocenters. The Labute approximate surface area is 129 Å². The Bertz CT molecular complexity index is 658. The van der Waals surface area contributed by atoms with Gasteiger partial charge in [0.25, 0.3) is 0 Å². The molecule has 3 rings (SSSR count). The summed E-state index contributed by atoms with van der Waals surface area (Å²) in [6.07, 6.45) is 1.09. The molecular weight excluding hydrogens is 278 g/mol. The third-order valence-electron chi connectivity index (χ3n) is 3.88. The van der Waals surface area contributed by atoms with Crippen molar-refractivity contribution >= 4 is 5.69 Å². The lowest BCUT2D eigenvalue weighted by molar-refractivity contribution is 0.272. The van der Waals surface area contributed by atoms with Crippen molar-refractivity contribution in [1.29, 1.82) is 5.26 Å². The van der Waals surface area contributed by atoms with Crippen molar-refractivity contribution in [1.82, 2.24) is 15.0 Å². The number of nitrogens with zero attached hydrogens (tertiary/aromatic N) is 5. The second-order valence-corrected chi connectivity index (χ2v) is 5.51. The first-order valence-electron chi connectivity index (χ1n) is 7.51. The fourth-order valence-corrected chi connectivity index (χ4v) is 2.74. The molecule has 0 spiro atoms. The molecule has 0 radical (unpaired) electrons. The molecule has 6 heteroatoms. The number of hydrogen-bond acceptors (Lipinski definition) is 6. The summed E-state index contributed by atoms with van der Waals surface area (Å²) in [6.45, 7) is 6.52. The molecule has 1 aliphatic heterocycles. The highest BCUT2D eigenvalue weighted by Gasteiger charge is 2.17. The van der Waals surface area contributed by atoms with E-state index < -0.39 is 0 Å². The maximum absolute atomic E-state index is 8.87. The summed E-state index contributed by atoms with van der Waals surface area (Å²) in [5.41, 5.74) is 1.88. The van der Waals surface area contributed by atoms with Crippen LogP contribution in [0.25, 0.3) is 0 Å². The third kappa shape index (κ3) is 3.43. The van der Waals surface area contributed by atoms with E-state index in [2.05, 4.69) is 26.0 Å². The highest BCUT2D eigenvalue weighted by molar-refractivity contribution is 5.49. The van der Waals surface area contributed by atoms with Gasteiger partial charge in [-0.25, -0.2) is 0 Å². The Morgan fingerprint density at radius 2 is 2.00 bits per heavy atom. The van der Waals surface area contributed by atoms with E-state index in [0.29, 0.717) is 11.5 Å². The molecule has 1 fully saturated rings. The number of anilines is 1. The highest BCUT2D eigenvalue weighted by atomic mass is 16.5. The molecule has 114 valence electrons. The second-order valence-electron chi connectivity index (χ2n) is 5.51. The predicted molar refractivity (Wildman–Crippen MR) is 82.3 cm³/mol. The second kappa shape index (κ2) is 6.58. The SMILES string of the molecule is Cc1nc(CN2CCCN(c3ccc(C#N)cc3)CC2)no1. The van der Waals surface area contributed by atoms with Crippen LogP contribution in [0.15, 0.2) is 28.8 Å². The average molecular weight is 297 g/mol. The molecule has 0 amide bonds. The van der Waals surface area contributed by atoms with Crippen LogP contribution in [0, 0.1) is 18.3 Å². The predicted octanol–water partition coefficient (Wildman–Crippen LogP) is 1.96. The lowest BCUT2D eigenvalue weighted by Gasteiger charge is -2.23. The third-order valence-corrected chi connectivity index (χ3v) is 3.88. The fraction of sp³-hybridized carbons (Fsp3) is 0.438. The van der Waals surface area contributed by atoms with E-state index in [1.165, 1.54) is 5.69 Å². The van der Waals surface area contributed by atoms with Crippen LogP contribution in [0.4, 0.5) is 5.69 Å². The van der Waals surface area contributed by atoms with Gasteiger partial charge in [0.05, 0.1) is 18.2 Å². The average Bonchev–Trinajstić information content (AvgIpc) is 2.81. The van der Waals surface area contributed by atoms with Gasteiger partial charge in [0.15, 0.2) is 5.82 Å². The maximum Gasteiger partial charge on any atom is 0.223 e. The number of aryl methyl sites for hydroxylation is 1. The Morgan fingerprint density at radius 1 is 1.18 bits per heavy atom. The fourth-order valence-electron chi connectivity index (χ4n) is 2.74. The summed E-state index contributed by atoms with van der Waals surface area (Å²) in [4.78, 5) is 8.99. The molecule has 1 aromatic carbocycles. The summed E-state index contributed by atoms with van der Waals surface area (Å²) in [6, 6.07) is 9.96. The molecule has 1 aromatic heterocycles. The molecule has 0 unspecified atom stereocenters. The minimum atomic E-state index is 0.615. The molecule has 6 nitrogen and oxygen atoms in total. The molecule has 0 saturated carbocycles. The number of rotatable bonds is 3. The van der Waals surface area contributed by atoms with Crippen LogP contribution in [-0.2, 0) is 6.54 Å². The van der Waals surface area contributed by atoms with Crippen molar-refractivity contribution in [2.24, 2.45) is 0 Å². The minimum Gasteiger partial charge on any atom is -0.370 e. The molecule has 1 aliphatic rings. The van der Waals surface area contributed by atoms with E-state index in [1.807, 2.05) is 31.2 Å². The first-order chi connectivity index (χ1) is 10.7. The van der Waals surface area contributed by atoms with Crippen molar-refractivity contribution in [3.05, 3.63) is 41.5 Å². The van der Waals surface area contributed by atoms with E-state index >= 15 is 0 Å². The van der Waals surface area contributed by atoms with E-state index in [4.69, 9.17) is 9.78 Å². The quantitative estimate of drug-likeness (QED) is 0.862. The van der Waals surface area contributed by atoms with E-state index in [-0.39, 0.29) is 0 Å². The Morgan fingerprint density at radius 3 is 2.68 bits per heavy atom. The number of hydrogen-bond donors (Lipinski definition) is 0. The van der Waals surface area contributed by atoms with Crippen LogP contribution in [0.1, 0.15) is 23.7 Å². The Balaban J connectivity index is 1.60. The van der Waals surface area contributed by atoms with Gasteiger partial charge in [0, 0.05) is 38.8 Å². The Kier molecular flexibility index (Phi) is 4.35. The molecular formula is C16H19N5O. The van der Waals surface area contributed by atoms with Gasteiger partial charge in [0.2, 0.25) is 5.89 Å². The van der Waals surface area contributed by atoms with Crippen LogP contribution in [0.2, 0.25) is 0 Å². The topological polar surface area (TPSA) is 69.2 Å². The van der Waals surface area contributed by atoms with Gasteiger partial charge >= 0.3 is 0 Å². The molecule has 22 heavy (non-hydrogen) atoms. The number of benzene rings is 1. The molecule has 0 bridgehead atoms. The van der Waals surface area contributed by atoms with Crippen molar-refractivity contribution in [2.75, 3.05) is 31.1 Å². The van der Waals surface area contributed by atoms with Crippen molar-refractivity contribution in [2.45, 2.75) is 19.9 Å². The van der Waals surface area contributed by atoms with E-state index in [1.54, 1.807) is 0 Å². The zero-order valence-electron chi connectivity index (χ0n) is 12.7. The van der Waals surface area contributed by atoms with Crippen molar-refractivity contribution in [3.8, 4) is 6.07 Å². The minimum absolute atomic E-state index is 0.615. The van der Waals surface area contributed by atoms with Gasteiger partial charge in [-0.2, -0.15) is 10.2 Å². The zero-order chi connectivity index (χ0) is 15.4. The maximum atomic E-state index is 8.87. The first kappa shape index (κ1) is 14.5. The van der Waals surface area contributed by atoms with E-state index in [0.717, 1.165) is 45.0 Å². The Hall–Kier alpha value is -2.39. The van der Waals surface area contributed by atoms with Gasteiger partial charge < -0.3 is 9.42 Å². The molecule has 1 saturated heterocycles. The summed E-state index contributed by atoms with van der Waals surface area (Å²) in [5.74, 6) is 1.37. The molecule has 2 heterocycles. The van der Waals surface area contributed by atoms with Crippen LogP contribution in [0.5, 0.6) is 0 Å². The van der Waals surface area contributed by atoms with Gasteiger partial charge in [-0.05, 0) is 30.7 Å². The van der Waals surface area contributed by atoms with Crippen LogP contribution < -0.4 is 4.90 Å². The van der Waals surface area contributed by atoms with Gasteiger partial charge in [-0.15, -0.1) is 0 Å². The summed E-state index contributed by atoms with van der Waals surface area (Å²) in [7, 11) is 0. The number of nitriles is 1. The van der Waals surface area contributed by atoms with Crippen molar-refractivity contribution < 1.29 is 4.52 Å². The normalized spacial score (nSPS) is 16.3. The molecule has 0 N–H and O–H groups in total. The van der Waals surface area contributed by atoms with Crippen LogP contribution in [0.3, 0.4) is 0 Å². The molecule has 2 aromatic rings. The van der Waals surface area contributed by atoms with Gasteiger partial charge in [0.1, 0.15) is 0 Å². The van der Waals surface area contributed by atoms with Gasteiger partial charge in [-0.3, -0.25) is 4.90 Å². The first-order valence-corrected chi connectivity index (χ1v) is 7.51. The largest absolute Gasteiger partial charge is 0.370 e. The smallest absolute Gasteiger partial charge is 0.223 e. The lowest BCUT2D eigenvalue weighted by atomic mass is 10.2. The highest BCUT2D eigenvalue weighted by Crippen LogP contribution is 2.17. The summed E-state index contributed by atoms with van der Waals surface area (Å²) >= 11 is 0. The summed E-state index contributed by atoms with van der Waals surface area (Å²) < 4.78 is 5.03. The summed E-state index contributed by atoms with van der Waals surface area (Å²) in [5, 5.41) is 12.8. The zero-order valence-corrected chi connectivity index (χ0v) is 12.7. The standard InChI is InChI=1S/C16H19N5O/c1-13-18-16(19-22-13)12-20-7-2-8-21(10-9-20)15-5-3-14(11-17)4-6-15/h3-6H,2,7-10,12H2,1H3. The monoisotopic (exact) mass is 297 g/mol. The number of aromatic nitrogens is 2. The van der Waals surface area contributed by atoms with E-state index in [9.17, 15) is 0 Å². The molecule has 0 aliphatic carbocycles. The van der Waals surface area contributed by atoms with Gasteiger partial charge in [-0.1, -0.05) is 5.16 Å². The van der Waals surface area contributed by atoms with Crippen LogP contribution >= 0.6 is 0 Å². The lowest BCUT2D eigenvalue weighted by Crippen LogP contribution is -2.30. The van der Waals surface area contributed by atoms with Crippen LogP contribution in [-0.4, -0.2) is 41.2 Å².